The molecule has 6 atom stereocenters. The predicted molar refractivity (Wildman–Crippen MR) is 251 cm³/mol. The van der Waals surface area contributed by atoms with Gasteiger partial charge in [-0.1, -0.05) is 60.5 Å². The topological polar surface area (TPSA) is 295 Å². The maximum Gasteiger partial charge on any atom is 0.337 e. The van der Waals surface area contributed by atoms with E-state index in [1.807, 2.05) is 30.3 Å². The first-order chi connectivity index (χ1) is 32.1. The Morgan fingerprint density at radius 3 is 2.34 bits per heavy atom. The standard InChI is InChI=1S/C47H64N12O8/c1-5-23-58-24-14-12-21-38(44(64)55-39(27-33-16-7-6-8-17-33)46(66)53-37(41(49)61)20-11-13-22-48)54-42(62)30(2)52-45(65)40(28-34-29-50-36-19-10-9-18-35(34)36)56-47(67)59(26-15-25-58)57-43(63)31(3)51-32(4)60/h5-10,16-19,29-31,37-40,50H,1,11-14,20-24,26-28,48H2,2-4H3,(H2,49,61)(H,51,60)(H,52,65)(H,53,66)(H,54,62)(H,55,64)(H,56,67)(H,57,63)/t30-,31-,37-,38-,39+,40+/m0/s1. The molecule has 0 aliphatic carbocycles. The van der Waals surface area contributed by atoms with Gasteiger partial charge in [0.15, 0.2) is 0 Å². The number of carbonyl (C=O) groups is 8. The number of nitrogens with zero attached hydrogens (tertiary/aromatic N) is 2. The van der Waals surface area contributed by atoms with Gasteiger partial charge in [0, 0.05) is 56.0 Å². The molecule has 67 heavy (non-hydrogen) atoms. The van der Waals surface area contributed by atoms with Crippen LogP contribution in [0.5, 0.6) is 0 Å². The van der Waals surface area contributed by atoms with E-state index < -0.39 is 83.6 Å². The van der Waals surface area contributed by atoms with Crippen LogP contribution in [0.2, 0.25) is 0 Å². The molecule has 2 heterocycles. The van der Waals surface area contributed by atoms with E-state index >= 15 is 0 Å². The Morgan fingerprint density at radius 2 is 1.64 bits per heavy atom. The Balaban J connectivity index is 1.66. The number of urea groups is 1. The van der Waals surface area contributed by atoms with Gasteiger partial charge in [-0.3, -0.25) is 39.0 Å². The number of nitrogens with two attached hydrogens (primary N) is 2. The number of H-pyrrole nitrogens is 1. The Kier molecular flexibility index (Phi) is 20.7. The highest BCUT2D eigenvalue weighted by molar-refractivity contribution is 5.97. The van der Waals surface area contributed by atoms with Crippen LogP contribution in [0, 0.1) is 12.0 Å². The average molecular weight is 925 g/mol. The van der Waals surface area contributed by atoms with Gasteiger partial charge in [0.2, 0.25) is 35.4 Å². The fraction of sp³-hybridized carbons (Fsp3) is 0.447. The van der Waals surface area contributed by atoms with E-state index in [-0.39, 0.29) is 32.2 Å². The zero-order valence-corrected chi connectivity index (χ0v) is 38.3. The molecule has 0 radical (unpaired) electrons. The lowest BCUT2D eigenvalue weighted by Gasteiger charge is -2.28. The minimum Gasteiger partial charge on any atom is -0.368 e. The number of primary amides is 1. The molecule has 12 N–H and O–H groups in total. The van der Waals surface area contributed by atoms with E-state index in [0.29, 0.717) is 50.9 Å². The van der Waals surface area contributed by atoms with Crippen molar-refractivity contribution in [3.05, 3.63) is 84.6 Å². The molecule has 0 saturated heterocycles. The number of hydrazine groups is 1. The van der Waals surface area contributed by atoms with E-state index in [0.717, 1.165) is 21.5 Å². The molecule has 9 amide bonds. The number of aromatic amines is 1. The Bertz CT molecular complexity index is 2270. The normalized spacial score (nSPS) is 18.7. The Morgan fingerprint density at radius 1 is 0.910 bits per heavy atom. The number of fused-ring (bicyclic) bond motifs is 1. The molecule has 1 aliphatic rings. The molecule has 0 fully saturated rings. The van der Waals surface area contributed by atoms with E-state index in [2.05, 4.69) is 60.9 Å². The van der Waals surface area contributed by atoms with Crippen LogP contribution in [0.25, 0.3) is 10.9 Å². The number of benzene rings is 2. The van der Waals surface area contributed by atoms with Crippen molar-refractivity contribution in [3.63, 3.8) is 0 Å². The highest BCUT2D eigenvalue weighted by Gasteiger charge is 2.33. The zero-order valence-electron chi connectivity index (χ0n) is 38.3. The molecule has 4 rings (SSSR count). The van der Waals surface area contributed by atoms with Crippen molar-refractivity contribution in [2.45, 2.75) is 108 Å². The number of para-hydroxylation sites is 1. The summed E-state index contributed by atoms with van der Waals surface area (Å²) in [4.78, 5) is 112. The summed E-state index contributed by atoms with van der Waals surface area (Å²) in [6, 6.07) is 11.4. The number of carbonyl (C=O) groups excluding carboxylic acids is 8. The molecular weight excluding hydrogens is 861 g/mol. The van der Waals surface area contributed by atoms with Crippen molar-refractivity contribution < 1.29 is 38.4 Å². The van der Waals surface area contributed by atoms with Gasteiger partial charge in [0.05, 0.1) is 0 Å². The third kappa shape index (κ3) is 16.8. The van der Waals surface area contributed by atoms with Crippen LogP contribution in [0.1, 0.15) is 70.4 Å². The lowest BCUT2D eigenvalue weighted by molar-refractivity contribution is -0.134. The molecule has 1 aliphatic heterocycles. The molecule has 3 aromatic rings. The van der Waals surface area contributed by atoms with Gasteiger partial charge in [-0.25, -0.2) is 9.80 Å². The second-order valence-electron chi connectivity index (χ2n) is 16.4. The Labute approximate surface area is 390 Å². The summed E-state index contributed by atoms with van der Waals surface area (Å²) in [5.41, 5.74) is 15.9. The molecule has 20 heteroatoms. The summed E-state index contributed by atoms with van der Waals surface area (Å²) in [7, 11) is 0. The van der Waals surface area contributed by atoms with Crippen LogP contribution in [-0.2, 0) is 46.4 Å². The first-order valence-corrected chi connectivity index (χ1v) is 22.4. The summed E-state index contributed by atoms with van der Waals surface area (Å²) in [6.07, 6.45) is 5.68. The van der Waals surface area contributed by atoms with Gasteiger partial charge in [0.25, 0.3) is 5.91 Å². The number of hydrogen-bond acceptors (Lipinski definition) is 10. The van der Waals surface area contributed by atoms with E-state index in [1.54, 1.807) is 41.4 Å². The van der Waals surface area contributed by atoms with Crippen molar-refractivity contribution in [2.24, 2.45) is 11.5 Å². The molecule has 1 aromatic heterocycles. The SMILES string of the molecule is C=CCN1C#CCN(NC(=O)[C@H](C)NC(C)=O)C(=O)N[C@H](Cc2c[nH]c3ccccc23)C(=O)N[C@@H](C)C(=O)N[C@H](C(=O)N[C@H](Cc2ccccc2)C(=O)N[C@@H](CCCCN)C(N)=O)CCCC1. The quantitative estimate of drug-likeness (QED) is 0.0466. The maximum atomic E-state index is 14.3. The molecule has 0 unspecified atom stereocenters. The van der Waals surface area contributed by atoms with Crippen LogP contribution in [-0.4, -0.2) is 125 Å². The number of aromatic nitrogens is 1. The summed E-state index contributed by atoms with van der Waals surface area (Å²) >= 11 is 0. The highest BCUT2D eigenvalue weighted by atomic mass is 16.2. The highest BCUT2D eigenvalue weighted by Crippen LogP contribution is 2.19. The second-order valence-corrected chi connectivity index (χ2v) is 16.4. The van der Waals surface area contributed by atoms with E-state index in [9.17, 15) is 38.4 Å². The first kappa shape index (κ1) is 52.2. The van der Waals surface area contributed by atoms with Gasteiger partial charge in [-0.2, -0.15) is 0 Å². The fourth-order valence-electron chi connectivity index (χ4n) is 7.27. The molecule has 2 aromatic carbocycles. The lowest BCUT2D eigenvalue weighted by atomic mass is 10.0. The van der Waals surface area contributed by atoms with Crippen molar-refractivity contribution in [1.29, 1.82) is 0 Å². The molecular formula is C47H64N12O8. The van der Waals surface area contributed by atoms with Crippen LogP contribution in [0.3, 0.4) is 0 Å². The third-order valence-electron chi connectivity index (χ3n) is 10.9. The van der Waals surface area contributed by atoms with Crippen molar-refractivity contribution in [2.75, 3.05) is 26.2 Å². The lowest BCUT2D eigenvalue weighted by Crippen LogP contribution is -2.60. The number of unbranched alkanes of at least 4 members (excludes halogenated alkanes) is 1. The third-order valence-corrected chi connectivity index (χ3v) is 10.9. The summed E-state index contributed by atoms with van der Waals surface area (Å²) in [5, 5.41) is 17.7. The number of amides is 9. The molecule has 360 valence electrons. The predicted octanol–water partition coefficient (Wildman–Crippen LogP) is 0.0953. The monoisotopic (exact) mass is 924 g/mol. The van der Waals surface area contributed by atoms with Crippen molar-refractivity contribution >= 4 is 58.3 Å². The number of rotatable bonds is 18. The fourth-order valence-corrected chi connectivity index (χ4v) is 7.27. The zero-order chi connectivity index (χ0) is 48.9. The van der Waals surface area contributed by atoms with E-state index in [1.165, 1.54) is 20.8 Å². The minimum atomic E-state index is -1.32. The number of hydrogen-bond donors (Lipinski definition) is 10. The molecule has 0 spiro atoms. The average Bonchev–Trinajstić information content (AvgIpc) is 3.70. The van der Waals surface area contributed by atoms with Gasteiger partial charge in [-0.15, -0.1) is 6.58 Å². The van der Waals surface area contributed by atoms with E-state index in [4.69, 9.17) is 11.5 Å². The van der Waals surface area contributed by atoms with Gasteiger partial charge in [0.1, 0.15) is 42.8 Å². The Hall–Kier alpha value is -7.40. The summed E-state index contributed by atoms with van der Waals surface area (Å²) in [5.74, 6) is -1.85. The molecule has 0 saturated carbocycles. The maximum absolute atomic E-state index is 14.3. The van der Waals surface area contributed by atoms with Gasteiger partial charge >= 0.3 is 6.03 Å². The van der Waals surface area contributed by atoms with Crippen LogP contribution < -0.4 is 48.8 Å². The molecule has 20 nitrogen and oxygen atoms in total. The van der Waals surface area contributed by atoms with Crippen LogP contribution in [0.15, 0.2) is 73.4 Å². The second kappa shape index (κ2) is 26.5. The van der Waals surface area contributed by atoms with Crippen LogP contribution >= 0.6 is 0 Å². The summed E-state index contributed by atoms with van der Waals surface area (Å²) < 4.78 is 0. The van der Waals surface area contributed by atoms with Gasteiger partial charge in [-0.05, 0) is 76.1 Å². The smallest absolute Gasteiger partial charge is 0.337 e. The van der Waals surface area contributed by atoms with Crippen molar-refractivity contribution in [3.8, 4) is 12.0 Å². The summed E-state index contributed by atoms with van der Waals surface area (Å²) in [6.45, 7) is 8.66. The minimum absolute atomic E-state index is 0.0496. The largest absolute Gasteiger partial charge is 0.368 e. The van der Waals surface area contributed by atoms with Crippen molar-refractivity contribution in [1.82, 2.24) is 52.2 Å². The number of nitrogens with one attached hydrogen (secondary N) is 8. The van der Waals surface area contributed by atoms with Gasteiger partial charge < -0.3 is 53.3 Å². The van der Waals surface area contributed by atoms with Crippen LogP contribution in [0.4, 0.5) is 4.79 Å². The first-order valence-electron chi connectivity index (χ1n) is 22.4. The molecule has 0 bridgehead atoms.